The first-order valence-electron chi connectivity index (χ1n) is 1.91. The molecular formula is C4H7IN2. The summed E-state index contributed by atoms with van der Waals surface area (Å²) in [6, 6.07) is 0. The van der Waals surface area contributed by atoms with E-state index in [0.29, 0.717) is 0 Å². The highest BCUT2D eigenvalue weighted by atomic mass is 127. The Kier molecular flexibility index (Phi) is 5.89. The van der Waals surface area contributed by atoms with Crippen LogP contribution >= 0.6 is 22.9 Å². The molecule has 0 heterocycles. The zero-order chi connectivity index (χ0) is 5.54. The lowest BCUT2D eigenvalue weighted by Gasteiger charge is -1.74. The van der Waals surface area contributed by atoms with E-state index in [1.807, 2.05) is 41.9 Å². The van der Waals surface area contributed by atoms with Crippen molar-refractivity contribution in [3.63, 3.8) is 0 Å². The van der Waals surface area contributed by atoms with Crippen molar-refractivity contribution in [2.75, 3.05) is 0 Å². The van der Waals surface area contributed by atoms with Gasteiger partial charge in [-0.25, -0.2) is 3.64 Å². The summed E-state index contributed by atoms with van der Waals surface area (Å²) in [5.41, 5.74) is 0. The fourth-order valence-electron chi connectivity index (χ4n) is 0.157. The van der Waals surface area contributed by atoms with Crippen LogP contribution in [-0.2, 0) is 0 Å². The number of halogens is 1. The van der Waals surface area contributed by atoms with Crippen LogP contribution < -0.4 is 3.64 Å². The highest BCUT2D eigenvalue weighted by Crippen LogP contribution is 1.67. The van der Waals surface area contributed by atoms with E-state index in [4.69, 9.17) is 0 Å². The first-order chi connectivity index (χ1) is 3.41. The number of nitrogens with zero attached hydrogens (tertiary/aromatic N) is 1. The molecule has 0 aromatic heterocycles. The zero-order valence-corrected chi connectivity index (χ0v) is 6.21. The molecule has 0 amide bonds. The van der Waals surface area contributed by atoms with Gasteiger partial charge >= 0.3 is 0 Å². The average Bonchev–Trinajstić information content (AvgIpc) is 1.69. The summed E-state index contributed by atoms with van der Waals surface area (Å²) in [5.74, 6) is 0. The third-order valence-electron chi connectivity index (χ3n) is 0.402. The maximum Gasteiger partial charge on any atom is 0.0750 e. The molecule has 0 aromatic rings. The second-order valence-corrected chi connectivity index (χ2v) is 1.37. The summed E-state index contributed by atoms with van der Waals surface area (Å²) in [6.07, 6.45) is 5.45. The van der Waals surface area contributed by atoms with Gasteiger partial charge in [0.1, 0.15) is 0 Å². The SMILES string of the molecule is C/C=C\C=N/NI. The van der Waals surface area contributed by atoms with Gasteiger partial charge in [0, 0.05) is 6.21 Å². The molecule has 0 bridgehead atoms. The van der Waals surface area contributed by atoms with Gasteiger partial charge in [0.05, 0.1) is 22.9 Å². The van der Waals surface area contributed by atoms with Crippen molar-refractivity contribution in [1.29, 1.82) is 0 Å². The molecule has 40 valence electrons. The van der Waals surface area contributed by atoms with Crippen LogP contribution in [0.15, 0.2) is 17.3 Å². The molecule has 7 heavy (non-hydrogen) atoms. The third-order valence-corrected chi connectivity index (χ3v) is 0.680. The van der Waals surface area contributed by atoms with E-state index < -0.39 is 0 Å². The average molecular weight is 210 g/mol. The largest absolute Gasteiger partial charge is 0.250 e. The van der Waals surface area contributed by atoms with Crippen molar-refractivity contribution in [3.8, 4) is 0 Å². The lowest BCUT2D eigenvalue weighted by atomic mass is 10.6. The molecule has 0 aromatic carbocycles. The molecule has 0 atom stereocenters. The Labute approximate surface area is 57.2 Å². The molecule has 1 N–H and O–H groups in total. The van der Waals surface area contributed by atoms with Crippen molar-refractivity contribution >= 4 is 29.1 Å². The fourth-order valence-corrected chi connectivity index (χ4v) is 0.318. The Bertz CT molecular complexity index is 77.8. The predicted molar refractivity (Wildman–Crippen MR) is 40.5 cm³/mol. The summed E-state index contributed by atoms with van der Waals surface area (Å²) in [4.78, 5) is 0. The van der Waals surface area contributed by atoms with E-state index in [2.05, 4.69) is 8.74 Å². The number of allylic oxidation sites excluding steroid dienone is 2. The minimum Gasteiger partial charge on any atom is -0.250 e. The monoisotopic (exact) mass is 210 g/mol. The Balaban J connectivity index is 3.09. The Morgan fingerprint density at radius 2 is 2.43 bits per heavy atom. The van der Waals surface area contributed by atoms with Crippen molar-refractivity contribution in [1.82, 2.24) is 3.64 Å². The van der Waals surface area contributed by atoms with Crippen LogP contribution in [0.3, 0.4) is 0 Å². The quantitative estimate of drug-likeness (QED) is 0.317. The molecule has 2 nitrogen and oxygen atoms in total. The highest BCUT2D eigenvalue weighted by Gasteiger charge is 1.55. The van der Waals surface area contributed by atoms with Crippen LogP contribution in [0.2, 0.25) is 0 Å². The van der Waals surface area contributed by atoms with Crippen LogP contribution in [-0.4, -0.2) is 6.21 Å². The van der Waals surface area contributed by atoms with Crippen LogP contribution in [0, 0.1) is 0 Å². The van der Waals surface area contributed by atoms with Crippen LogP contribution in [0.1, 0.15) is 6.92 Å². The highest BCUT2D eigenvalue weighted by molar-refractivity contribution is 14.1. The second kappa shape index (κ2) is 5.94. The van der Waals surface area contributed by atoms with Crippen molar-refractivity contribution in [2.24, 2.45) is 5.10 Å². The number of rotatable bonds is 2. The maximum absolute atomic E-state index is 3.69. The standard InChI is InChI=1S/C4H7IN2/c1-2-3-4-6-7-5/h2-4,7H,1H3/b3-2-,6-4-. The van der Waals surface area contributed by atoms with Crippen LogP contribution in [0.5, 0.6) is 0 Å². The molecule has 0 aliphatic carbocycles. The van der Waals surface area contributed by atoms with E-state index in [-0.39, 0.29) is 0 Å². The van der Waals surface area contributed by atoms with E-state index >= 15 is 0 Å². The van der Waals surface area contributed by atoms with Crippen LogP contribution in [0.4, 0.5) is 0 Å². The Morgan fingerprint density at radius 1 is 1.71 bits per heavy atom. The number of hydrogen-bond donors (Lipinski definition) is 1. The van der Waals surface area contributed by atoms with Crippen molar-refractivity contribution in [3.05, 3.63) is 12.2 Å². The Hall–Kier alpha value is -0.0600. The topological polar surface area (TPSA) is 24.4 Å². The number of hydrogen-bond acceptors (Lipinski definition) is 2. The van der Waals surface area contributed by atoms with Gasteiger partial charge in [-0.15, -0.1) is 0 Å². The van der Waals surface area contributed by atoms with Gasteiger partial charge in [0.15, 0.2) is 0 Å². The molecule has 0 spiro atoms. The minimum atomic E-state index is 1.69. The molecule has 0 aliphatic rings. The first kappa shape index (κ1) is 6.94. The summed E-state index contributed by atoms with van der Waals surface area (Å²) in [5, 5.41) is 3.69. The van der Waals surface area contributed by atoms with Gasteiger partial charge in [-0.1, -0.05) is 6.08 Å². The second-order valence-electron chi connectivity index (χ2n) is 0.888. The molecule has 0 unspecified atom stereocenters. The normalized spacial score (nSPS) is 11.1. The van der Waals surface area contributed by atoms with Gasteiger partial charge < -0.3 is 0 Å². The molecular weight excluding hydrogens is 203 g/mol. The summed E-state index contributed by atoms with van der Waals surface area (Å²) in [7, 11) is 0. The molecule has 0 fully saturated rings. The third kappa shape index (κ3) is 5.94. The van der Waals surface area contributed by atoms with E-state index in [9.17, 15) is 0 Å². The lowest BCUT2D eigenvalue weighted by molar-refractivity contribution is 1.18. The summed E-state index contributed by atoms with van der Waals surface area (Å²) < 4.78 is 2.59. The molecule has 0 rings (SSSR count). The summed E-state index contributed by atoms with van der Waals surface area (Å²) in [6.45, 7) is 1.94. The Morgan fingerprint density at radius 3 is 2.86 bits per heavy atom. The fraction of sp³-hybridized carbons (Fsp3) is 0.250. The lowest BCUT2D eigenvalue weighted by Crippen LogP contribution is -1.79. The molecule has 0 saturated heterocycles. The summed E-state index contributed by atoms with van der Waals surface area (Å²) >= 11 is 1.95. The predicted octanol–water partition coefficient (Wildman–Crippen LogP) is 1.49. The van der Waals surface area contributed by atoms with E-state index in [1.165, 1.54) is 0 Å². The van der Waals surface area contributed by atoms with Gasteiger partial charge in [-0.3, -0.25) is 0 Å². The first-order valence-corrected chi connectivity index (χ1v) is 2.99. The van der Waals surface area contributed by atoms with Crippen molar-refractivity contribution < 1.29 is 0 Å². The van der Waals surface area contributed by atoms with Gasteiger partial charge in [-0.05, 0) is 13.0 Å². The number of hydrazone groups is 1. The van der Waals surface area contributed by atoms with E-state index in [1.54, 1.807) is 6.21 Å². The van der Waals surface area contributed by atoms with E-state index in [0.717, 1.165) is 0 Å². The molecule has 0 radical (unpaired) electrons. The zero-order valence-electron chi connectivity index (χ0n) is 4.06. The molecule has 0 aliphatic heterocycles. The maximum atomic E-state index is 3.69. The van der Waals surface area contributed by atoms with Gasteiger partial charge in [-0.2, -0.15) is 5.10 Å². The molecule has 3 heteroatoms. The number of nitrogens with one attached hydrogen (secondary N) is 1. The van der Waals surface area contributed by atoms with Gasteiger partial charge in [0.2, 0.25) is 0 Å². The van der Waals surface area contributed by atoms with Gasteiger partial charge in [0.25, 0.3) is 0 Å². The van der Waals surface area contributed by atoms with Crippen LogP contribution in [0.25, 0.3) is 0 Å². The minimum absolute atomic E-state index is 1.69. The molecule has 0 saturated carbocycles. The smallest absolute Gasteiger partial charge is 0.0750 e. The van der Waals surface area contributed by atoms with Crippen molar-refractivity contribution in [2.45, 2.75) is 6.92 Å².